The van der Waals surface area contributed by atoms with Crippen LogP contribution in [0.15, 0.2) is 0 Å². The Morgan fingerprint density at radius 3 is 2.20 bits per heavy atom. The summed E-state index contributed by atoms with van der Waals surface area (Å²) < 4.78 is 0. The average molecular weight is 282 g/mol. The molecule has 1 rings (SSSR count). The van der Waals surface area contributed by atoms with Crippen LogP contribution in [0.2, 0.25) is 0 Å². The van der Waals surface area contributed by atoms with Gasteiger partial charge in [-0.05, 0) is 38.1 Å². The molecule has 1 N–H and O–H groups in total. The van der Waals surface area contributed by atoms with E-state index in [2.05, 4.69) is 19.2 Å². The highest BCUT2D eigenvalue weighted by Crippen LogP contribution is 2.28. The fourth-order valence-electron chi connectivity index (χ4n) is 3.69. The molecule has 2 unspecified atom stereocenters. The third-order valence-electron chi connectivity index (χ3n) is 4.99. The Morgan fingerprint density at radius 1 is 0.750 bits per heavy atom. The average Bonchev–Trinajstić information content (AvgIpc) is 2.69. The van der Waals surface area contributed by atoms with Gasteiger partial charge in [-0.1, -0.05) is 78.1 Å². The molecule has 0 heterocycles. The van der Waals surface area contributed by atoms with E-state index in [4.69, 9.17) is 0 Å². The minimum atomic E-state index is 0.831. The first-order valence-corrected chi connectivity index (χ1v) is 9.61. The first-order chi connectivity index (χ1) is 9.88. The molecule has 0 spiro atoms. The lowest BCUT2D eigenvalue weighted by atomic mass is 9.89. The van der Waals surface area contributed by atoms with Crippen molar-refractivity contribution in [2.75, 3.05) is 6.54 Å². The molecule has 1 nitrogen and oxygen atoms in total. The van der Waals surface area contributed by atoms with Crippen LogP contribution in [0, 0.1) is 5.92 Å². The van der Waals surface area contributed by atoms with Crippen molar-refractivity contribution in [1.29, 1.82) is 0 Å². The Kier molecular flexibility index (Phi) is 11.4. The van der Waals surface area contributed by atoms with Gasteiger partial charge in [-0.25, -0.2) is 0 Å². The van der Waals surface area contributed by atoms with E-state index in [1.54, 1.807) is 0 Å². The molecule has 0 radical (unpaired) electrons. The van der Waals surface area contributed by atoms with Crippen molar-refractivity contribution < 1.29 is 0 Å². The molecule has 20 heavy (non-hydrogen) atoms. The third kappa shape index (κ3) is 8.29. The molecule has 0 aliphatic heterocycles. The van der Waals surface area contributed by atoms with Crippen molar-refractivity contribution in [1.82, 2.24) is 5.32 Å². The summed E-state index contributed by atoms with van der Waals surface area (Å²) in [6, 6.07) is 0.831. The normalized spacial score (nSPS) is 23.7. The summed E-state index contributed by atoms with van der Waals surface area (Å²) in [6.07, 6.45) is 20.2. The zero-order valence-corrected chi connectivity index (χ0v) is 14.3. The van der Waals surface area contributed by atoms with Crippen molar-refractivity contribution in [3.8, 4) is 0 Å². The van der Waals surface area contributed by atoms with Crippen LogP contribution in [0.25, 0.3) is 0 Å². The van der Waals surface area contributed by atoms with E-state index in [-0.39, 0.29) is 0 Å². The first kappa shape index (κ1) is 18.0. The van der Waals surface area contributed by atoms with Gasteiger partial charge in [-0.3, -0.25) is 0 Å². The lowest BCUT2D eigenvalue weighted by Gasteiger charge is -2.26. The van der Waals surface area contributed by atoms with Gasteiger partial charge in [0.2, 0.25) is 0 Å². The maximum Gasteiger partial charge on any atom is 0.00953 e. The molecule has 0 saturated heterocycles. The molecule has 1 heteroatoms. The van der Waals surface area contributed by atoms with Gasteiger partial charge in [-0.2, -0.15) is 0 Å². The summed E-state index contributed by atoms with van der Waals surface area (Å²) in [6.45, 7) is 5.81. The predicted octanol–water partition coefficient (Wildman–Crippen LogP) is 6.08. The number of hydrogen-bond acceptors (Lipinski definition) is 1. The second-order valence-electron chi connectivity index (χ2n) is 6.87. The zero-order chi connectivity index (χ0) is 14.5. The van der Waals surface area contributed by atoms with Crippen LogP contribution in [-0.2, 0) is 0 Å². The van der Waals surface area contributed by atoms with Gasteiger partial charge >= 0.3 is 0 Å². The van der Waals surface area contributed by atoms with E-state index in [1.807, 2.05) is 0 Å². The second-order valence-corrected chi connectivity index (χ2v) is 6.87. The number of unbranched alkanes of at least 4 members (excludes halogenated alkanes) is 6. The molecule has 1 aliphatic carbocycles. The Hall–Kier alpha value is -0.0400. The van der Waals surface area contributed by atoms with Crippen LogP contribution >= 0.6 is 0 Å². The topological polar surface area (TPSA) is 12.0 Å². The quantitative estimate of drug-likeness (QED) is 0.358. The molecule has 120 valence electrons. The van der Waals surface area contributed by atoms with Gasteiger partial charge in [0.05, 0.1) is 0 Å². The fourth-order valence-corrected chi connectivity index (χ4v) is 3.69. The molecule has 1 aliphatic rings. The molecule has 2 atom stereocenters. The Balaban J connectivity index is 2.13. The van der Waals surface area contributed by atoms with Crippen LogP contribution in [0.5, 0.6) is 0 Å². The SMILES string of the molecule is CCCCCCCCCC1CCCCCC1NCCC. The lowest BCUT2D eigenvalue weighted by Crippen LogP contribution is -2.36. The van der Waals surface area contributed by atoms with E-state index in [0.717, 1.165) is 12.0 Å². The predicted molar refractivity (Wildman–Crippen MR) is 91.3 cm³/mol. The standard InChI is InChI=1S/C19H39N/c1-3-5-6-7-8-9-11-14-18-15-12-10-13-16-19(18)20-17-4-2/h18-20H,3-17H2,1-2H3. The summed E-state index contributed by atoms with van der Waals surface area (Å²) in [4.78, 5) is 0. The highest BCUT2D eigenvalue weighted by molar-refractivity contribution is 4.79. The van der Waals surface area contributed by atoms with Crippen LogP contribution < -0.4 is 5.32 Å². The summed E-state index contributed by atoms with van der Waals surface area (Å²) >= 11 is 0. The zero-order valence-electron chi connectivity index (χ0n) is 14.3. The minimum absolute atomic E-state index is 0.831. The van der Waals surface area contributed by atoms with Crippen LogP contribution in [-0.4, -0.2) is 12.6 Å². The van der Waals surface area contributed by atoms with Gasteiger partial charge in [-0.15, -0.1) is 0 Å². The van der Waals surface area contributed by atoms with Crippen molar-refractivity contribution >= 4 is 0 Å². The molecule has 0 aromatic heterocycles. The van der Waals surface area contributed by atoms with Crippen molar-refractivity contribution in [3.05, 3.63) is 0 Å². The van der Waals surface area contributed by atoms with Gasteiger partial charge in [0.25, 0.3) is 0 Å². The summed E-state index contributed by atoms with van der Waals surface area (Å²) in [5.74, 6) is 0.972. The Morgan fingerprint density at radius 2 is 1.45 bits per heavy atom. The van der Waals surface area contributed by atoms with Crippen molar-refractivity contribution in [2.24, 2.45) is 5.92 Å². The minimum Gasteiger partial charge on any atom is -0.314 e. The lowest BCUT2D eigenvalue weighted by molar-refractivity contribution is 0.307. The molecular weight excluding hydrogens is 242 g/mol. The maximum absolute atomic E-state index is 3.83. The second kappa shape index (κ2) is 12.7. The van der Waals surface area contributed by atoms with E-state index in [1.165, 1.54) is 96.4 Å². The van der Waals surface area contributed by atoms with Gasteiger partial charge < -0.3 is 5.32 Å². The van der Waals surface area contributed by atoms with Crippen LogP contribution in [0.1, 0.15) is 104 Å². The van der Waals surface area contributed by atoms with Gasteiger partial charge in [0, 0.05) is 6.04 Å². The van der Waals surface area contributed by atoms with Crippen molar-refractivity contribution in [2.45, 2.75) is 110 Å². The van der Waals surface area contributed by atoms with E-state index < -0.39 is 0 Å². The third-order valence-corrected chi connectivity index (χ3v) is 4.99. The molecule has 1 saturated carbocycles. The first-order valence-electron chi connectivity index (χ1n) is 9.61. The highest BCUT2D eigenvalue weighted by atomic mass is 14.9. The number of rotatable bonds is 11. The number of hydrogen-bond donors (Lipinski definition) is 1. The highest BCUT2D eigenvalue weighted by Gasteiger charge is 2.22. The van der Waals surface area contributed by atoms with Crippen LogP contribution in [0.3, 0.4) is 0 Å². The smallest absolute Gasteiger partial charge is 0.00953 e. The van der Waals surface area contributed by atoms with E-state index >= 15 is 0 Å². The Labute approximate surface area is 128 Å². The van der Waals surface area contributed by atoms with Crippen molar-refractivity contribution in [3.63, 3.8) is 0 Å². The monoisotopic (exact) mass is 281 g/mol. The molecule has 1 fully saturated rings. The maximum atomic E-state index is 3.83. The van der Waals surface area contributed by atoms with Crippen LogP contribution in [0.4, 0.5) is 0 Å². The number of nitrogens with one attached hydrogen (secondary N) is 1. The molecule has 0 aromatic carbocycles. The Bertz CT molecular complexity index is 202. The fraction of sp³-hybridized carbons (Fsp3) is 1.00. The van der Waals surface area contributed by atoms with E-state index in [0.29, 0.717) is 0 Å². The summed E-state index contributed by atoms with van der Waals surface area (Å²) in [7, 11) is 0. The molecule has 0 aromatic rings. The van der Waals surface area contributed by atoms with E-state index in [9.17, 15) is 0 Å². The molecule has 0 bridgehead atoms. The molecule has 0 amide bonds. The summed E-state index contributed by atoms with van der Waals surface area (Å²) in [5.41, 5.74) is 0. The van der Waals surface area contributed by atoms with Gasteiger partial charge in [0.15, 0.2) is 0 Å². The summed E-state index contributed by atoms with van der Waals surface area (Å²) in [5, 5.41) is 3.83. The van der Waals surface area contributed by atoms with Gasteiger partial charge in [0.1, 0.15) is 0 Å². The largest absolute Gasteiger partial charge is 0.314 e. The molecular formula is C19H39N.